The van der Waals surface area contributed by atoms with E-state index in [1.807, 2.05) is 6.92 Å². The zero-order valence-corrected chi connectivity index (χ0v) is 6.77. The molecule has 0 aromatic carbocycles. The summed E-state index contributed by atoms with van der Waals surface area (Å²) >= 11 is 0. The van der Waals surface area contributed by atoms with Gasteiger partial charge in [-0.2, -0.15) is 0 Å². The van der Waals surface area contributed by atoms with Crippen LogP contribution in [0.5, 0.6) is 0 Å². The smallest absolute Gasteiger partial charge is 0.131 e. The molecule has 0 saturated carbocycles. The Hall–Kier alpha value is 0.170. The van der Waals surface area contributed by atoms with E-state index >= 15 is 0 Å². The second-order valence-corrected chi connectivity index (χ2v) is 2.66. The van der Waals surface area contributed by atoms with Crippen molar-refractivity contribution >= 4 is 12.4 Å². The molecule has 0 aliphatic carbocycles. The lowest BCUT2D eigenvalue weighted by molar-refractivity contribution is -0.0514. The molecule has 3 unspecified atom stereocenters. The van der Waals surface area contributed by atoms with Gasteiger partial charge in [-0.1, -0.05) is 6.92 Å². The first kappa shape index (κ1) is 10.2. The zero-order chi connectivity index (χ0) is 6.85. The van der Waals surface area contributed by atoms with E-state index in [4.69, 9.17) is 10.2 Å². The fourth-order valence-electron chi connectivity index (χ4n) is 1.06. The molecule has 3 N–H and O–H groups in total. The van der Waals surface area contributed by atoms with E-state index in [2.05, 4.69) is 5.32 Å². The molecule has 1 heterocycles. The van der Waals surface area contributed by atoms with Crippen molar-refractivity contribution in [3.8, 4) is 0 Å². The van der Waals surface area contributed by atoms with Crippen LogP contribution in [0.2, 0.25) is 0 Å². The molecular weight excluding hydrogens is 154 g/mol. The number of piperidine rings is 1. The van der Waals surface area contributed by atoms with E-state index in [1.54, 1.807) is 0 Å². The van der Waals surface area contributed by atoms with E-state index < -0.39 is 12.3 Å². The van der Waals surface area contributed by atoms with Crippen LogP contribution < -0.4 is 5.32 Å². The van der Waals surface area contributed by atoms with Crippen LogP contribution in [0.25, 0.3) is 0 Å². The highest BCUT2D eigenvalue weighted by atomic mass is 35.5. The maximum Gasteiger partial charge on any atom is 0.131 e. The van der Waals surface area contributed by atoms with Crippen molar-refractivity contribution in [2.45, 2.75) is 25.7 Å². The summed E-state index contributed by atoms with van der Waals surface area (Å²) in [6, 6.07) is 0. The first-order valence-corrected chi connectivity index (χ1v) is 3.31. The molecule has 1 rings (SSSR count). The van der Waals surface area contributed by atoms with Gasteiger partial charge in [-0.15, -0.1) is 12.4 Å². The van der Waals surface area contributed by atoms with Crippen molar-refractivity contribution in [2.24, 2.45) is 5.92 Å². The Morgan fingerprint density at radius 2 is 2.00 bits per heavy atom. The van der Waals surface area contributed by atoms with Gasteiger partial charge in [0.1, 0.15) is 6.23 Å². The second kappa shape index (κ2) is 4.13. The Morgan fingerprint density at radius 3 is 2.40 bits per heavy atom. The Morgan fingerprint density at radius 1 is 1.40 bits per heavy atom. The van der Waals surface area contributed by atoms with Crippen molar-refractivity contribution in [3.05, 3.63) is 0 Å². The Balaban J connectivity index is 0.000000810. The number of halogens is 1. The Bertz CT molecular complexity index is 91.7. The molecule has 62 valence electrons. The van der Waals surface area contributed by atoms with E-state index in [0.717, 1.165) is 13.0 Å². The highest BCUT2D eigenvalue weighted by Crippen LogP contribution is 2.13. The molecule has 4 heteroatoms. The first-order valence-electron chi connectivity index (χ1n) is 3.31. The van der Waals surface area contributed by atoms with Crippen LogP contribution >= 0.6 is 12.4 Å². The molecule has 0 radical (unpaired) electrons. The normalized spacial score (nSPS) is 40.5. The van der Waals surface area contributed by atoms with Gasteiger partial charge in [-0.25, -0.2) is 0 Å². The van der Waals surface area contributed by atoms with Crippen LogP contribution in [-0.2, 0) is 0 Å². The van der Waals surface area contributed by atoms with E-state index in [-0.39, 0.29) is 18.3 Å². The van der Waals surface area contributed by atoms with Gasteiger partial charge in [0.15, 0.2) is 0 Å². The third-order valence-electron chi connectivity index (χ3n) is 1.86. The molecule has 0 amide bonds. The SMILES string of the molecule is CC1CCNC(O)C1O.Cl. The molecule has 1 aliphatic heterocycles. The average Bonchev–Trinajstić information content (AvgIpc) is 1.83. The van der Waals surface area contributed by atoms with Crippen molar-refractivity contribution in [2.75, 3.05) is 6.54 Å². The largest absolute Gasteiger partial charge is 0.389 e. The van der Waals surface area contributed by atoms with E-state index in [1.165, 1.54) is 0 Å². The number of nitrogens with one attached hydrogen (secondary N) is 1. The van der Waals surface area contributed by atoms with Crippen LogP contribution in [0.1, 0.15) is 13.3 Å². The summed E-state index contributed by atoms with van der Waals surface area (Å²) in [4.78, 5) is 0. The summed E-state index contributed by atoms with van der Waals surface area (Å²) in [5.74, 6) is 0.223. The van der Waals surface area contributed by atoms with Crippen LogP contribution in [0, 0.1) is 5.92 Å². The lowest BCUT2D eigenvalue weighted by Crippen LogP contribution is -2.48. The predicted octanol–water partition coefficient (Wildman–Crippen LogP) is -0.283. The van der Waals surface area contributed by atoms with Gasteiger partial charge in [0.2, 0.25) is 0 Å². The molecule has 1 aliphatic rings. The summed E-state index contributed by atoms with van der Waals surface area (Å²) in [7, 11) is 0. The van der Waals surface area contributed by atoms with Gasteiger partial charge < -0.3 is 10.2 Å². The number of aliphatic hydroxyl groups excluding tert-OH is 2. The van der Waals surface area contributed by atoms with E-state index in [9.17, 15) is 0 Å². The minimum atomic E-state index is -0.714. The maximum absolute atomic E-state index is 9.13. The summed E-state index contributed by atoms with van der Waals surface area (Å²) < 4.78 is 0. The molecule has 1 fully saturated rings. The lowest BCUT2D eigenvalue weighted by Gasteiger charge is -2.29. The fourth-order valence-corrected chi connectivity index (χ4v) is 1.06. The molecule has 0 bridgehead atoms. The van der Waals surface area contributed by atoms with Crippen molar-refractivity contribution in [1.82, 2.24) is 5.32 Å². The fraction of sp³-hybridized carbons (Fsp3) is 1.00. The van der Waals surface area contributed by atoms with Gasteiger partial charge in [0.25, 0.3) is 0 Å². The molecule has 0 aromatic heterocycles. The third-order valence-corrected chi connectivity index (χ3v) is 1.86. The van der Waals surface area contributed by atoms with Gasteiger partial charge in [-0.05, 0) is 18.9 Å². The number of hydrogen-bond acceptors (Lipinski definition) is 3. The predicted molar refractivity (Wildman–Crippen MR) is 41.0 cm³/mol. The summed E-state index contributed by atoms with van der Waals surface area (Å²) in [6.45, 7) is 2.74. The highest BCUT2D eigenvalue weighted by molar-refractivity contribution is 5.85. The molecule has 0 spiro atoms. The summed E-state index contributed by atoms with van der Waals surface area (Å²) in [6.07, 6.45) is -0.356. The minimum Gasteiger partial charge on any atom is -0.389 e. The quantitative estimate of drug-likeness (QED) is 0.465. The molecular formula is C6H14ClNO2. The topological polar surface area (TPSA) is 52.5 Å². The first-order chi connectivity index (χ1) is 4.22. The van der Waals surface area contributed by atoms with Crippen LogP contribution in [-0.4, -0.2) is 29.1 Å². The van der Waals surface area contributed by atoms with Crippen molar-refractivity contribution < 1.29 is 10.2 Å². The lowest BCUT2D eigenvalue weighted by atomic mass is 9.96. The van der Waals surface area contributed by atoms with Crippen LogP contribution in [0.15, 0.2) is 0 Å². The number of rotatable bonds is 0. The zero-order valence-electron chi connectivity index (χ0n) is 5.95. The average molecular weight is 168 g/mol. The Kier molecular flexibility index (Phi) is 4.20. The minimum absolute atomic E-state index is 0. The summed E-state index contributed by atoms with van der Waals surface area (Å²) in [5.41, 5.74) is 0. The van der Waals surface area contributed by atoms with Gasteiger partial charge in [-0.3, -0.25) is 5.32 Å². The number of aliphatic hydroxyl groups is 2. The van der Waals surface area contributed by atoms with Gasteiger partial charge >= 0.3 is 0 Å². The maximum atomic E-state index is 9.13. The van der Waals surface area contributed by atoms with Gasteiger partial charge in [0, 0.05) is 0 Å². The standard InChI is InChI=1S/C6H13NO2.ClH/c1-4-2-3-7-6(9)5(4)8;/h4-9H,2-3H2,1H3;1H. The number of hydrogen-bond donors (Lipinski definition) is 3. The van der Waals surface area contributed by atoms with E-state index in [0.29, 0.717) is 0 Å². The molecule has 0 aromatic rings. The summed E-state index contributed by atoms with van der Waals surface area (Å²) in [5, 5.41) is 20.9. The second-order valence-electron chi connectivity index (χ2n) is 2.66. The van der Waals surface area contributed by atoms with Gasteiger partial charge in [0.05, 0.1) is 6.10 Å². The van der Waals surface area contributed by atoms with Crippen LogP contribution in [0.3, 0.4) is 0 Å². The van der Waals surface area contributed by atoms with Crippen molar-refractivity contribution in [3.63, 3.8) is 0 Å². The molecule has 3 atom stereocenters. The monoisotopic (exact) mass is 167 g/mol. The third kappa shape index (κ3) is 2.09. The molecule has 10 heavy (non-hydrogen) atoms. The van der Waals surface area contributed by atoms with Crippen molar-refractivity contribution in [1.29, 1.82) is 0 Å². The highest BCUT2D eigenvalue weighted by Gasteiger charge is 2.26. The Labute approximate surface area is 66.8 Å². The van der Waals surface area contributed by atoms with Crippen LogP contribution in [0.4, 0.5) is 0 Å². The molecule has 3 nitrogen and oxygen atoms in total. The molecule has 1 saturated heterocycles.